The van der Waals surface area contributed by atoms with Gasteiger partial charge in [-0.1, -0.05) is 12.1 Å². The molecule has 1 aromatic carbocycles. The largest absolute Gasteiger partial charge is 0.341 e. The number of likely N-dealkylation sites (tertiary alicyclic amines) is 1. The first-order valence-corrected chi connectivity index (χ1v) is 10.6. The third-order valence-electron chi connectivity index (χ3n) is 5.68. The van der Waals surface area contributed by atoms with Crippen molar-refractivity contribution in [1.29, 1.82) is 0 Å². The first-order valence-electron chi connectivity index (χ1n) is 10.6. The second-order valence-corrected chi connectivity index (χ2v) is 8.02. The topological polar surface area (TPSA) is 75.5 Å². The summed E-state index contributed by atoms with van der Waals surface area (Å²) in [4.78, 5) is 45.5. The van der Waals surface area contributed by atoms with Gasteiger partial charge in [0, 0.05) is 50.5 Å². The Bertz CT molecular complexity index is 1160. The molecule has 7 nitrogen and oxygen atoms in total. The predicted molar refractivity (Wildman–Crippen MR) is 119 cm³/mol. The Morgan fingerprint density at radius 1 is 1.06 bits per heavy atom. The molecule has 0 spiro atoms. The number of carbonyl (C=O) groups is 2. The van der Waals surface area contributed by atoms with E-state index in [2.05, 4.69) is 4.98 Å². The Morgan fingerprint density at radius 3 is 2.68 bits per heavy atom. The molecule has 3 heterocycles. The fourth-order valence-corrected chi connectivity index (χ4v) is 3.96. The highest BCUT2D eigenvalue weighted by molar-refractivity contribution is 5.93. The van der Waals surface area contributed by atoms with Gasteiger partial charge in [-0.05, 0) is 49.1 Å². The minimum Gasteiger partial charge on any atom is -0.341 e. The number of fused-ring (bicyclic) bond motifs is 1. The summed E-state index contributed by atoms with van der Waals surface area (Å²) in [7, 11) is 1.73. The third kappa shape index (κ3) is 4.82. The van der Waals surface area contributed by atoms with Gasteiger partial charge < -0.3 is 14.4 Å². The van der Waals surface area contributed by atoms with Crippen LogP contribution in [0, 0.1) is 0 Å². The Balaban J connectivity index is 1.47. The molecule has 7 heteroatoms. The first-order chi connectivity index (χ1) is 15.0. The van der Waals surface area contributed by atoms with E-state index in [0.29, 0.717) is 12.1 Å². The van der Waals surface area contributed by atoms with Gasteiger partial charge in [-0.3, -0.25) is 19.4 Å². The smallest absolute Gasteiger partial charge is 0.255 e. The van der Waals surface area contributed by atoms with Gasteiger partial charge >= 0.3 is 0 Å². The highest BCUT2D eigenvalue weighted by Crippen LogP contribution is 2.15. The predicted octanol–water partition coefficient (Wildman–Crippen LogP) is 2.68. The molecule has 0 N–H and O–H groups in total. The van der Waals surface area contributed by atoms with Crippen molar-refractivity contribution in [3.8, 4) is 0 Å². The number of benzene rings is 1. The Labute approximate surface area is 180 Å². The number of nitrogens with zero attached hydrogens (tertiary/aromatic N) is 4. The first kappa shape index (κ1) is 20.8. The number of pyridine rings is 2. The van der Waals surface area contributed by atoms with Crippen molar-refractivity contribution in [3.63, 3.8) is 0 Å². The van der Waals surface area contributed by atoms with Crippen LogP contribution in [0.25, 0.3) is 10.9 Å². The summed E-state index contributed by atoms with van der Waals surface area (Å²) >= 11 is 0. The van der Waals surface area contributed by atoms with Gasteiger partial charge in [0.25, 0.3) is 11.5 Å². The second kappa shape index (κ2) is 9.12. The van der Waals surface area contributed by atoms with Crippen molar-refractivity contribution < 1.29 is 9.59 Å². The summed E-state index contributed by atoms with van der Waals surface area (Å²) in [5.74, 6) is -0.282. The lowest BCUT2D eigenvalue weighted by atomic mass is 10.1. The Kier molecular flexibility index (Phi) is 6.11. The zero-order valence-corrected chi connectivity index (χ0v) is 17.7. The van der Waals surface area contributed by atoms with Gasteiger partial charge in [0.1, 0.15) is 6.54 Å². The van der Waals surface area contributed by atoms with Crippen LogP contribution in [-0.4, -0.2) is 51.3 Å². The number of rotatable bonds is 5. The standard InChI is InChI=1S/C24H26N4O3/c1-26(15-18-7-9-21-19(14-18)6-5-11-25-21)24(31)20-8-10-22(29)28(16-20)17-23(30)27-12-3-2-4-13-27/h5-11,14,16H,2-4,12-13,15,17H2,1H3. The third-order valence-corrected chi connectivity index (χ3v) is 5.68. The maximum Gasteiger partial charge on any atom is 0.255 e. The Hall–Kier alpha value is -3.48. The average Bonchev–Trinajstić information content (AvgIpc) is 2.80. The molecule has 0 radical (unpaired) electrons. The summed E-state index contributed by atoms with van der Waals surface area (Å²) in [5, 5.41) is 1.02. The van der Waals surface area contributed by atoms with E-state index in [-0.39, 0.29) is 23.9 Å². The molecule has 0 unspecified atom stereocenters. The van der Waals surface area contributed by atoms with E-state index in [1.165, 1.54) is 22.9 Å². The molecule has 2 aromatic heterocycles. The van der Waals surface area contributed by atoms with E-state index in [9.17, 15) is 14.4 Å². The van der Waals surface area contributed by atoms with Crippen molar-refractivity contribution in [2.45, 2.75) is 32.4 Å². The minimum atomic E-state index is -0.286. The molecule has 1 fully saturated rings. The maximum absolute atomic E-state index is 13.0. The number of carbonyl (C=O) groups excluding carboxylic acids is 2. The molecule has 0 atom stereocenters. The van der Waals surface area contributed by atoms with E-state index in [1.54, 1.807) is 23.0 Å². The SMILES string of the molecule is CN(Cc1ccc2ncccc2c1)C(=O)c1ccc(=O)n(CC(=O)N2CCCCC2)c1. The summed E-state index contributed by atoms with van der Waals surface area (Å²) in [6.07, 6.45) is 6.37. The highest BCUT2D eigenvalue weighted by atomic mass is 16.2. The van der Waals surface area contributed by atoms with Crippen LogP contribution in [0.5, 0.6) is 0 Å². The van der Waals surface area contributed by atoms with Crippen molar-refractivity contribution in [2.24, 2.45) is 0 Å². The Morgan fingerprint density at radius 2 is 1.87 bits per heavy atom. The van der Waals surface area contributed by atoms with Crippen molar-refractivity contribution in [1.82, 2.24) is 19.4 Å². The molecule has 1 aliphatic rings. The molecule has 1 aliphatic heterocycles. The van der Waals surface area contributed by atoms with Gasteiger partial charge in [0.05, 0.1) is 11.1 Å². The minimum absolute atomic E-state index is 0.0403. The van der Waals surface area contributed by atoms with Crippen LogP contribution in [0.3, 0.4) is 0 Å². The van der Waals surface area contributed by atoms with E-state index in [0.717, 1.165) is 48.8 Å². The van der Waals surface area contributed by atoms with Gasteiger partial charge in [0.2, 0.25) is 5.91 Å². The number of aromatic nitrogens is 2. The lowest BCUT2D eigenvalue weighted by molar-refractivity contribution is -0.132. The normalized spacial score (nSPS) is 13.9. The van der Waals surface area contributed by atoms with Crippen molar-refractivity contribution in [2.75, 3.05) is 20.1 Å². The van der Waals surface area contributed by atoms with Gasteiger partial charge in [-0.15, -0.1) is 0 Å². The molecule has 1 saturated heterocycles. The quantitative estimate of drug-likeness (QED) is 0.638. The van der Waals surface area contributed by atoms with Crippen LogP contribution in [0.4, 0.5) is 0 Å². The molecule has 2 amide bonds. The monoisotopic (exact) mass is 418 g/mol. The lowest BCUT2D eigenvalue weighted by Gasteiger charge is -2.27. The molecular weight excluding hydrogens is 392 g/mol. The van der Waals surface area contributed by atoms with Gasteiger partial charge in [-0.2, -0.15) is 0 Å². The van der Waals surface area contributed by atoms with Crippen molar-refractivity contribution >= 4 is 22.7 Å². The number of amides is 2. The summed E-state index contributed by atoms with van der Waals surface area (Å²) < 4.78 is 1.33. The highest BCUT2D eigenvalue weighted by Gasteiger charge is 2.19. The number of hydrogen-bond donors (Lipinski definition) is 0. The molecule has 0 saturated carbocycles. The molecule has 3 aromatic rings. The van der Waals surface area contributed by atoms with Crippen molar-refractivity contribution in [3.05, 3.63) is 76.3 Å². The van der Waals surface area contributed by atoms with E-state index >= 15 is 0 Å². The van der Waals surface area contributed by atoms with Gasteiger partial charge in [0.15, 0.2) is 0 Å². The summed E-state index contributed by atoms with van der Waals surface area (Å²) in [5.41, 5.74) is 2.00. The van der Waals surface area contributed by atoms with Crippen LogP contribution < -0.4 is 5.56 Å². The number of piperidine rings is 1. The van der Waals surface area contributed by atoms with E-state index in [4.69, 9.17) is 0 Å². The zero-order chi connectivity index (χ0) is 21.8. The van der Waals surface area contributed by atoms with E-state index in [1.807, 2.05) is 30.3 Å². The van der Waals surface area contributed by atoms with E-state index < -0.39 is 0 Å². The fraction of sp³-hybridized carbons (Fsp3) is 0.333. The maximum atomic E-state index is 13.0. The molecule has 4 rings (SSSR count). The van der Waals surface area contributed by atoms with Crippen LogP contribution in [0.2, 0.25) is 0 Å². The lowest BCUT2D eigenvalue weighted by Crippen LogP contribution is -2.39. The second-order valence-electron chi connectivity index (χ2n) is 8.02. The van der Waals surface area contributed by atoms with Crippen LogP contribution in [0.15, 0.2) is 59.7 Å². The van der Waals surface area contributed by atoms with Gasteiger partial charge in [-0.25, -0.2) is 0 Å². The van der Waals surface area contributed by atoms with Crippen LogP contribution in [-0.2, 0) is 17.9 Å². The fourth-order valence-electron chi connectivity index (χ4n) is 3.96. The molecule has 31 heavy (non-hydrogen) atoms. The number of hydrogen-bond acceptors (Lipinski definition) is 4. The molecule has 160 valence electrons. The average molecular weight is 418 g/mol. The molecule has 0 aliphatic carbocycles. The summed E-state index contributed by atoms with van der Waals surface area (Å²) in [6, 6.07) is 12.7. The van der Waals surface area contributed by atoms with Crippen LogP contribution >= 0.6 is 0 Å². The van der Waals surface area contributed by atoms with Crippen LogP contribution in [0.1, 0.15) is 35.2 Å². The zero-order valence-electron chi connectivity index (χ0n) is 17.7. The molecule has 0 bridgehead atoms. The summed E-state index contributed by atoms with van der Waals surface area (Å²) in [6.45, 7) is 1.85. The molecular formula is C24H26N4O3.